The van der Waals surface area contributed by atoms with E-state index in [4.69, 9.17) is 11.6 Å². The number of carbonyl (C=O) groups excluding carboxylic acids is 1. The topological polar surface area (TPSA) is 54.5 Å². The highest BCUT2D eigenvalue weighted by Gasteiger charge is 2.17. The molecule has 5 nitrogen and oxygen atoms in total. The molecule has 0 radical (unpaired) electrons. The predicted octanol–water partition coefficient (Wildman–Crippen LogP) is 3.40. The van der Waals surface area contributed by atoms with Gasteiger partial charge in [-0.3, -0.25) is 0 Å². The van der Waals surface area contributed by atoms with Crippen molar-refractivity contribution in [3.63, 3.8) is 0 Å². The number of nitrogens with zero attached hydrogens (tertiary/aromatic N) is 2. The number of hydrogen-bond donors (Lipinski definition) is 1. The zero-order valence-electron chi connectivity index (χ0n) is 13.0. The average molecular weight is 358 g/mol. The quantitative estimate of drug-likeness (QED) is 0.803. The molecule has 23 heavy (non-hydrogen) atoms. The summed E-state index contributed by atoms with van der Waals surface area (Å²) >= 11 is 7.03. The number of nitrogens with one attached hydrogen (secondary N) is 1. The second kappa shape index (κ2) is 7.72. The summed E-state index contributed by atoms with van der Waals surface area (Å²) in [6.45, 7) is 0.973. The normalized spacial score (nSPS) is 10.9. The highest BCUT2D eigenvalue weighted by molar-refractivity contribution is 7.18. The Kier molecular flexibility index (Phi) is 5.92. The highest BCUT2D eigenvalue weighted by Crippen LogP contribution is 2.28. The van der Waals surface area contributed by atoms with E-state index >= 15 is 0 Å². The fourth-order valence-electron chi connectivity index (χ4n) is 1.97. The van der Waals surface area contributed by atoms with E-state index in [1.165, 1.54) is 13.2 Å². The number of rotatable bonds is 6. The summed E-state index contributed by atoms with van der Waals surface area (Å²) < 4.78 is 18.4. The van der Waals surface area contributed by atoms with Crippen LogP contribution in [-0.4, -0.2) is 37.1 Å². The van der Waals surface area contributed by atoms with E-state index in [0.29, 0.717) is 23.8 Å². The van der Waals surface area contributed by atoms with Crippen molar-refractivity contribution in [2.24, 2.45) is 0 Å². The first-order valence-corrected chi connectivity index (χ1v) is 8.00. The smallest absolute Gasteiger partial charge is 0.351 e. The maximum Gasteiger partial charge on any atom is 0.351 e. The number of aromatic nitrogens is 1. The maximum absolute atomic E-state index is 13.8. The molecule has 0 bridgehead atoms. The molecule has 1 aromatic heterocycles. The van der Waals surface area contributed by atoms with Gasteiger partial charge in [-0.1, -0.05) is 29.0 Å². The lowest BCUT2D eigenvalue weighted by molar-refractivity contribution is 0.0606. The Morgan fingerprint density at radius 1 is 1.48 bits per heavy atom. The highest BCUT2D eigenvalue weighted by atomic mass is 35.5. The van der Waals surface area contributed by atoms with Crippen LogP contribution in [0.3, 0.4) is 0 Å². The minimum absolute atomic E-state index is 0.108. The van der Waals surface area contributed by atoms with E-state index in [9.17, 15) is 9.18 Å². The lowest BCUT2D eigenvalue weighted by Gasteiger charge is -2.12. The largest absolute Gasteiger partial charge is 0.465 e. The Hall–Kier alpha value is -1.70. The van der Waals surface area contributed by atoms with Gasteiger partial charge in [0.25, 0.3) is 0 Å². The Morgan fingerprint density at radius 2 is 2.22 bits per heavy atom. The van der Waals surface area contributed by atoms with E-state index in [2.05, 4.69) is 15.0 Å². The van der Waals surface area contributed by atoms with E-state index in [1.54, 1.807) is 12.1 Å². The molecule has 8 heteroatoms. The summed E-state index contributed by atoms with van der Waals surface area (Å²) in [5, 5.41) is 3.70. The van der Waals surface area contributed by atoms with Crippen LogP contribution in [0.2, 0.25) is 5.15 Å². The van der Waals surface area contributed by atoms with Crippen LogP contribution in [0.4, 0.5) is 9.52 Å². The van der Waals surface area contributed by atoms with Crippen molar-refractivity contribution in [1.29, 1.82) is 0 Å². The van der Waals surface area contributed by atoms with Crippen LogP contribution in [-0.2, 0) is 17.8 Å². The summed E-state index contributed by atoms with van der Waals surface area (Å²) in [5.74, 6) is -0.747. The van der Waals surface area contributed by atoms with Gasteiger partial charge in [-0.25, -0.2) is 14.2 Å². The van der Waals surface area contributed by atoms with Gasteiger partial charge in [0.2, 0.25) is 0 Å². The zero-order chi connectivity index (χ0) is 17.0. The molecule has 0 saturated carbocycles. The van der Waals surface area contributed by atoms with E-state index in [1.807, 2.05) is 19.0 Å². The summed E-state index contributed by atoms with van der Waals surface area (Å²) in [4.78, 5) is 17.7. The minimum Gasteiger partial charge on any atom is -0.465 e. The van der Waals surface area contributed by atoms with Crippen LogP contribution < -0.4 is 5.32 Å². The van der Waals surface area contributed by atoms with Crippen molar-refractivity contribution in [3.8, 4) is 0 Å². The van der Waals surface area contributed by atoms with Crippen LogP contribution in [0.15, 0.2) is 18.2 Å². The standard InChI is InChI=1S/C15H17ClFN3O2S/c1-20(2)8-10-6-9(4-5-11(10)17)7-18-15-19-13(16)12(23-15)14(21)22-3/h4-6H,7-8H2,1-3H3,(H,18,19). The molecule has 2 rings (SSSR count). The monoisotopic (exact) mass is 357 g/mol. The Bertz CT molecular complexity index is 706. The molecule has 1 heterocycles. The lowest BCUT2D eigenvalue weighted by atomic mass is 10.1. The van der Waals surface area contributed by atoms with Gasteiger partial charge in [0, 0.05) is 18.7 Å². The second-order valence-electron chi connectivity index (χ2n) is 5.15. The molecule has 0 saturated heterocycles. The van der Waals surface area contributed by atoms with E-state index < -0.39 is 5.97 Å². The van der Waals surface area contributed by atoms with Crippen molar-refractivity contribution in [2.45, 2.75) is 13.1 Å². The molecule has 0 atom stereocenters. The third-order valence-corrected chi connectivity index (χ3v) is 4.38. The molecule has 1 aromatic carbocycles. The lowest BCUT2D eigenvalue weighted by Crippen LogP contribution is -2.12. The SMILES string of the molecule is COC(=O)c1sc(NCc2ccc(F)c(CN(C)C)c2)nc1Cl. The van der Waals surface area contributed by atoms with E-state index in [-0.39, 0.29) is 15.8 Å². The average Bonchev–Trinajstić information content (AvgIpc) is 2.88. The van der Waals surface area contributed by atoms with Crippen molar-refractivity contribution in [1.82, 2.24) is 9.88 Å². The van der Waals surface area contributed by atoms with Gasteiger partial charge < -0.3 is 15.0 Å². The minimum atomic E-state index is -0.518. The molecule has 1 N–H and O–H groups in total. The number of ether oxygens (including phenoxy) is 1. The van der Waals surface area contributed by atoms with Crippen LogP contribution in [0.5, 0.6) is 0 Å². The number of methoxy groups -OCH3 is 1. The van der Waals surface area contributed by atoms with Crippen LogP contribution in [0, 0.1) is 5.82 Å². The number of thiazole rings is 1. The molecular weight excluding hydrogens is 341 g/mol. The van der Waals surface area contributed by atoms with Gasteiger partial charge in [0.1, 0.15) is 5.82 Å². The van der Waals surface area contributed by atoms with Gasteiger partial charge in [-0.15, -0.1) is 0 Å². The fraction of sp³-hybridized carbons (Fsp3) is 0.333. The molecule has 0 amide bonds. The number of carbonyl (C=O) groups is 1. The molecule has 0 aliphatic carbocycles. The molecule has 0 aliphatic rings. The third kappa shape index (κ3) is 4.63. The third-order valence-electron chi connectivity index (χ3n) is 3.00. The Labute approximate surface area is 143 Å². The number of halogens is 2. The molecule has 0 fully saturated rings. The number of anilines is 1. The first kappa shape index (κ1) is 17.7. The van der Waals surface area contributed by atoms with Crippen molar-refractivity contribution < 1.29 is 13.9 Å². The first-order chi connectivity index (χ1) is 10.9. The first-order valence-electron chi connectivity index (χ1n) is 6.81. The summed E-state index contributed by atoms with van der Waals surface area (Å²) in [6, 6.07) is 4.96. The number of esters is 1. The van der Waals surface area contributed by atoms with Crippen molar-refractivity contribution in [3.05, 3.63) is 45.2 Å². The molecule has 0 unspecified atom stereocenters. The van der Waals surface area contributed by atoms with Gasteiger partial charge in [0.05, 0.1) is 7.11 Å². The molecule has 0 aliphatic heterocycles. The van der Waals surface area contributed by atoms with Gasteiger partial charge in [-0.2, -0.15) is 0 Å². The molecular formula is C15H17ClFN3O2S. The molecule has 124 valence electrons. The molecule has 0 spiro atoms. The van der Waals surface area contributed by atoms with Gasteiger partial charge in [-0.05, 0) is 31.8 Å². The maximum atomic E-state index is 13.8. The Morgan fingerprint density at radius 3 is 2.87 bits per heavy atom. The fourth-order valence-corrected chi connectivity index (χ4v) is 3.07. The number of benzene rings is 1. The Balaban J connectivity index is 2.08. The van der Waals surface area contributed by atoms with Crippen molar-refractivity contribution >= 4 is 34.0 Å². The number of hydrogen-bond acceptors (Lipinski definition) is 6. The summed E-state index contributed by atoms with van der Waals surface area (Å²) in [7, 11) is 5.06. The van der Waals surface area contributed by atoms with Gasteiger partial charge in [0.15, 0.2) is 15.2 Å². The predicted molar refractivity (Wildman–Crippen MR) is 89.6 cm³/mol. The summed E-state index contributed by atoms with van der Waals surface area (Å²) in [5.41, 5.74) is 1.54. The zero-order valence-corrected chi connectivity index (χ0v) is 14.6. The van der Waals surface area contributed by atoms with Crippen LogP contribution >= 0.6 is 22.9 Å². The van der Waals surface area contributed by atoms with Gasteiger partial charge >= 0.3 is 5.97 Å². The van der Waals surface area contributed by atoms with E-state index in [0.717, 1.165) is 16.9 Å². The van der Waals surface area contributed by atoms with Crippen LogP contribution in [0.25, 0.3) is 0 Å². The summed E-state index contributed by atoms with van der Waals surface area (Å²) in [6.07, 6.45) is 0. The second-order valence-corrected chi connectivity index (χ2v) is 6.50. The molecule has 2 aromatic rings. The van der Waals surface area contributed by atoms with Crippen LogP contribution in [0.1, 0.15) is 20.8 Å². The van der Waals surface area contributed by atoms with Crippen molar-refractivity contribution in [2.75, 3.05) is 26.5 Å².